The van der Waals surface area contributed by atoms with Crippen molar-refractivity contribution in [2.24, 2.45) is 23.7 Å². The van der Waals surface area contributed by atoms with Crippen LogP contribution in [0.5, 0.6) is 0 Å². The third kappa shape index (κ3) is 8.04. The van der Waals surface area contributed by atoms with Gasteiger partial charge in [-0.05, 0) is 46.4 Å². The molecule has 0 nitrogen and oxygen atoms in total. The monoisotopic (exact) mass is 434 g/mol. The van der Waals surface area contributed by atoms with Crippen LogP contribution in [0.2, 0.25) is 0 Å². The van der Waals surface area contributed by atoms with Crippen LogP contribution in [-0.4, -0.2) is 4.86 Å². The van der Waals surface area contributed by atoms with Crippen molar-refractivity contribution in [3.63, 3.8) is 0 Å². The average molecular weight is 435 g/mol. The summed E-state index contributed by atoms with van der Waals surface area (Å²) in [5.74, 6) is 2.25. The fourth-order valence-electron chi connectivity index (χ4n) is 4.57. The summed E-state index contributed by atoms with van der Waals surface area (Å²) in [6.07, 6.45) is 10.3. The third-order valence-electron chi connectivity index (χ3n) is 6.77. The van der Waals surface area contributed by atoms with Crippen LogP contribution in [0.4, 0.5) is 0 Å². The molecule has 0 saturated heterocycles. The first kappa shape index (κ1) is 25.5. The first-order valence-electron chi connectivity index (χ1n) is 12.3. The summed E-state index contributed by atoms with van der Waals surface area (Å²) in [4.78, 5) is 1.01. The van der Waals surface area contributed by atoms with Crippen molar-refractivity contribution in [3.05, 3.63) is 77.4 Å². The molecule has 0 radical (unpaired) electrons. The molecule has 0 bridgehead atoms. The molecule has 3 unspecified atom stereocenters. The average Bonchev–Trinajstić information content (AvgIpc) is 2.79. The summed E-state index contributed by atoms with van der Waals surface area (Å²) in [5.41, 5.74) is 3.75. The van der Waals surface area contributed by atoms with Gasteiger partial charge in [0.25, 0.3) is 0 Å². The van der Waals surface area contributed by atoms with E-state index in [9.17, 15) is 0 Å². The molecule has 2 aromatic carbocycles. The number of rotatable bonds is 13. The van der Waals surface area contributed by atoms with Gasteiger partial charge in [-0.3, -0.25) is 0 Å². The van der Waals surface area contributed by atoms with Gasteiger partial charge in [0.05, 0.1) is 0 Å². The minimum atomic E-state index is 0.457. The van der Waals surface area contributed by atoms with Gasteiger partial charge in [0.2, 0.25) is 0 Å². The van der Waals surface area contributed by atoms with Crippen LogP contribution in [0.3, 0.4) is 0 Å². The Bertz CT molecular complexity index is 788. The normalized spacial score (nSPS) is 15.0. The second-order valence-corrected chi connectivity index (χ2v) is 9.92. The molecule has 0 aliphatic carbocycles. The molecule has 0 N–H and O–H groups in total. The lowest BCUT2D eigenvalue weighted by atomic mass is 9.70. The summed E-state index contributed by atoms with van der Waals surface area (Å²) >= 11 is 6.14. The molecule has 2 rings (SSSR count). The van der Waals surface area contributed by atoms with Gasteiger partial charge in [-0.2, -0.15) is 0 Å². The van der Waals surface area contributed by atoms with Crippen LogP contribution >= 0.6 is 12.2 Å². The standard InChI is InChI=1S/C30H42S/c1-6-7-8-9-12-17-24(4)29(25(5)23(2)3)28(22-26-18-13-10-14-19-26)30(31)27-20-15-11-16-21-27/h10-11,13-16,18-25,29H,6-9,12,17H2,1-5H3. The maximum Gasteiger partial charge on any atom is 0.0484 e. The summed E-state index contributed by atoms with van der Waals surface area (Å²) in [6.45, 7) is 11.9. The highest BCUT2D eigenvalue weighted by molar-refractivity contribution is 7.81. The van der Waals surface area contributed by atoms with E-state index >= 15 is 0 Å². The highest BCUT2D eigenvalue weighted by Gasteiger charge is 2.31. The molecule has 1 heteroatoms. The molecule has 0 heterocycles. The van der Waals surface area contributed by atoms with E-state index < -0.39 is 0 Å². The molecule has 0 amide bonds. The smallest absolute Gasteiger partial charge is 0.0484 e. The zero-order valence-corrected chi connectivity index (χ0v) is 21.1. The van der Waals surface area contributed by atoms with Gasteiger partial charge in [-0.15, -0.1) is 0 Å². The number of thiocarbonyl (C=S) groups is 1. The maximum absolute atomic E-state index is 6.14. The van der Waals surface area contributed by atoms with Crippen molar-refractivity contribution in [1.29, 1.82) is 0 Å². The van der Waals surface area contributed by atoms with E-state index in [2.05, 4.69) is 101 Å². The number of unbranched alkanes of at least 4 members (excludes halogenated alkanes) is 4. The molecule has 0 aliphatic rings. The molecule has 3 atom stereocenters. The number of hydrogen-bond donors (Lipinski definition) is 0. The van der Waals surface area contributed by atoms with Crippen LogP contribution in [0, 0.1) is 23.7 Å². The number of benzene rings is 2. The van der Waals surface area contributed by atoms with Gasteiger partial charge in [0.15, 0.2) is 0 Å². The number of hydrogen-bond acceptors (Lipinski definition) is 1. The molecule has 0 aliphatic heterocycles. The Balaban J connectivity index is 2.40. The highest BCUT2D eigenvalue weighted by Crippen LogP contribution is 2.38. The molecule has 0 spiro atoms. The Morgan fingerprint density at radius 2 is 1.39 bits per heavy atom. The van der Waals surface area contributed by atoms with Crippen LogP contribution in [-0.2, 0) is 0 Å². The Morgan fingerprint density at radius 1 is 0.806 bits per heavy atom. The SMILES string of the molecule is CCCCCCCC(C)C(C(=Cc1ccccc1)C(=S)c1ccccc1)C(C)C(C)C. The minimum Gasteiger partial charge on any atom is -0.0791 e. The van der Waals surface area contributed by atoms with Crippen LogP contribution in [0.1, 0.15) is 84.3 Å². The fraction of sp³-hybridized carbons (Fsp3) is 0.500. The zero-order chi connectivity index (χ0) is 22.6. The summed E-state index contributed by atoms with van der Waals surface area (Å²) in [6, 6.07) is 21.3. The van der Waals surface area contributed by atoms with Gasteiger partial charge >= 0.3 is 0 Å². The predicted octanol–water partition coefficient (Wildman–Crippen LogP) is 9.39. The van der Waals surface area contributed by atoms with Gasteiger partial charge in [-0.1, -0.05) is 146 Å². The Kier molecular flexibility index (Phi) is 11.2. The lowest BCUT2D eigenvalue weighted by Crippen LogP contribution is -2.29. The first-order valence-corrected chi connectivity index (χ1v) is 12.7. The first-order chi connectivity index (χ1) is 15.0. The molecule has 0 fully saturated rings. The maximum atomic E-state index is 6.14. The Hall–Kier alpha value is -1.73. The van der Waals surface area contributed by atoms with E-state index in [0.29, 0.717) is 23.7 Å². The zero-order valence-electron chi connectivity index (χ0n) is 20.3. The van der Waals surface area contributed by atoms with Crippen LogP contribution in [0.25, 0.3) is 6.08 Å². The van der Waals surface area contributed by atoms with Crippen LogP contribution in [0.15, 0.2) is 66.2 Å². The van der Waals surface area contributed by atoms with Crippen molar-refractivity contribution < 1.29 is 0 Å². The lowest BCUT2D eigenvalue weighted by molar-refractivity contribution is 0.234. The molecule has 168 valence electrons. The lowest BCUT2D eigenvalue weighted by Gasteiger charge is -2.35. The van der Waals surface area contributed by atoms with E-state index in [1.54, 1.807) is 0 Å². The molecule has 2 aromatic rings. The van der Waals surface area contributed by atoms with Crippen molar-refractivity contribution in [2.45, 2.75) is 73.1 Å². The van der Waals surface area contributed by atoms with E-state index in [0.717, 1.165) is 10.4 Å². The largest absolute Gasteiger partial charge is 0.0791 e. The van der Waals surface area contributed by atoms with Gasteiger partial charge < -0.3 is 0 Å². The van der Waals surface area contributed by atoms with Crippen molar-refractivity contribution >= 4 is 23.2 Å². The van der Waals surface area contributed by atoms with Crippen LogP contribution < -0.4 is 0 Å². The predicted molar refractivity (Wildman–Crippen MR) is 143 cm³/mol. The fourth-order valence-corrected chi connectivity index (χ4v) is 4.90. The van der Waals surface area contributed by atoms with Crippen molar-refractivity contribution in [1.82, 2.24) is 0 Å². The second-order valence-electron chi connectivity index (χ2n) is 9.51. The minimum absolute atomic E-state index is 0.457. The molecular weight excluding hydrogens is 392 g/mol. The summed E-state index contributed by atoms with van der Waals surface area (Å²) in [5, 5.41) is 0. The van der Waals surface area contributed by atoms with Gasteiger partial charge in [0.1, 0.15) is 0 Å². The molecular formula is C30H42S. The van der Waals surface area contributed by atoms with E-state index in [1.807, 2.05) is 0 Å². The van der Waals surface area contributed by atoms with Crippen molar-refractivity contribution in [3.8, 4) is 0 Å². The Labute approximate surface area is 197 Å². The highest BCUT2D eigenvalue weighted by atomic mass is 32.1. The number of allylic oxidation sites excluding steroid dienone is 1. The van der Waals surface area contributed by atoms with E-state index in [4.69, 9.17) is 12.2 Å². The van der Waals surface area contributed by atoms with E-state index in [1.165, 1.54) is 49.7 Å². The van der Waals surface area contributed by atoms with Gasteiger partial charge in [0, 0.05) is 4.86 Å². The summed E-state index contributed by atoms with van der Waals surface area (Å²) < 4.78 is 0. The summed E-state index contributed by atoms with van der Waals surface area (Å²) in [7, 11) is 0. The third-order valence-corrected chi connectivity index (χ3v) is 7.24. The topological polar surface area (TPSA) is 0 Å². The molecule has 31 heavy (non-hydrogen) atoms. The quantitative estimate of drug-likeness (QED) is 0.131. The molecule has 0 saturated carbocycles. The van der Waals surface area contributed by atoms with E-state index in [-0.39, 0.29) is 0 Å². The van der Waals surface area contributed by atoms with Crippen molar-refractivity contribution in [2.75, 3.05) is 0 Å². The van der Waals surface area contributed by atoms with Gasteiger partial charge in [-0.25, -0.2) is 0 Å². The second kappa shape index (κ2) is 13.6. The Morgan fingerprint density at radius 3 is 1.97 bits per heavy atom. The molecule has 0 aromatic heterocycles.